The molecular weight excluding hydrogens is 250 g/mol. The van der Waals surface area contributed by atoms with Crippen molar-refractivity contribution in [2.45, 2.75) is 58.3 Å². The van der Waals surface area contributed by atoms with E-state index in [4.69, 9.17) is 15.2 Å². The molecule has 0 bridgehead atoms. The van der Waals surface area contributed by atoms with Crippen molar-refractivity contribution in [2.24, 2.45) is 11.7 Å². The van der Waals surface area contributed by atoms with Gasteiger partial charge in [-0.05, 0) is 47.1 Å². The van der Waals surface area contributed by atoms with Crippen LogP contribution in [0.4, 0.5) is 0 Å². The van der Waals surface area contributed by atoms with Gasteiger partial charge in [0.1, 0.15) is 5.75 Å². The van der Waals surface area contributed by atoms with Gasteiger partial charge in [-0.1, -0.05) is 17.7 Å². The van der Waals surface area contributed by atoms with E-state index in [0.29, 0.717) is 0 Å². The average Bonchev–Trinajstić information content (AvgIpc) is 2.56. The van der Waals surface area contributed by atoms with Crippen molar-refractivity contribution in [3.8, 4) is 5.75 Å². The molecule has 0 saturated carbocycles. The van der Waals surface area contributed by atoms with Crippen molar-refractivity contribution in [2.75, 3.05) is 7.11 Å². The van der Waals surface area contributed by atoms with Gasteiger partial charge in [0, 0.05) is 17.5 Å². The number of rotatable bonds is 3. The van der Waals surface area contributed by atoms with Crippen LogP contribution >= 0.6 is 0 Å². The third-order valence-corrected chi connectivity index (χ3v) is 4.32. The molecule has 0 amide bonds. The summed E-state index contributed by atoms with van der Waals surface area (Å²) in [6.07, 6.45) is 0.957. The van der Waals surface area contributed by atoms with Crippen molar-refractivity contribution in [3.63, 3.8) is 0 Å². The second kappa shape index (κ2) is 5.05. The van der Waals surface area contributed by atoms with Gasteiger partial charge in [-0.3, -0.25) is 0 Å². The molecule has 3 nitrogen and oxygen atoms in total. The molecule has 1 heterocycles. The van der Waals surface area contributed by atoms with Crippen LogP contribution in [0.1, 0.15) is 51.3 Å². The third kappa shape index (κ3) is 2.84. The first-order valence-corrected chi connectivity index (χ1v) is 7.26. The van der Waals surface area contributed by atoms with Gasteiger partial charge in [0.25, 0.3) is 0 Å². The molecule has 20 heavy (non-hydrogen) atoms. The van der Waals surface area contributed by atoms with Crippen molar-refractivity contribution >= 4 is 0 Å². The molecule has 0 spiro atoms. The molecule has 1 fully saturated rings. The lowest BCUT2D eigenvalue weighted by Crippen LogP contribution is -2.36. The maximum atomic E-state index is 6.58. The molecule has 1 aromatic rings. The summed E-state index contributed by atoms with van der Waals surface area (Å²) in [6, 6.07) is 6.10. The monoisotopic (exact) mass is 277 g/mol. The Morgan fingerprint density at radius 2 is 1.95 bits per heavy atom. The number of benzene rings is 1. The molecule has 0 aromatic heterocycles. The van der Waals surface area contributed by atoms with Gasteiger partial charge in [0.05, 0.1) is 18.3 Å². The van der Waals surface area contributed by atoms with E-state index in [1.807, 2.05) is 6.07 Å². The average molecular weight is 277 g/mol. The van der Waals surface area contributed by atoms with Crippen molar-refractivity contribution in [3.05, 3.63) is 29.3 Å². The molecule has 1 aromatic carbocycles. The summed E-state index contributed by atoms with van der Waals surface area (Å²) < 4.78 is 11.7. The fraction of sp³-hybridized carbons (Fsp3) is 0.647. The van der Waals surface area contributed by atoms with E-state index in [0.717, 1.165) is 17.7 Å². The lowest BCUT2D eigenvalue weighted by Gasteiger charge is -2.31. The minimum Gasteiger partial charge on any atom is -0.496 e. The van der Waals surface area contributed by atoms with Gasteiger partial charge in [-0.2, -0.15) is 0 Å². The molecule has 1 aliphatic rings. The van der Waals surface area contributed by atoms with Crippen LogP contribution in [0.5, 0.6) is 5.75 Å². The SMILES string of the molecule is COc1ccc(C)cc1C(N)C1CC(C)(C)OC1(C)C. The summed E-state index contributed by atoms with van der Waals surface area (Å²) in [5.74, 6) is 1.14. The van der Waals surface area contributed by atoms with Crippen LogP contribution in [0, 0.1) is 12.8 Å². The fourth-order valence-electron chi connectivity index (χ4n) is 3.50. The maximum absolute atomic E-state index is 6.58. The first kappa shape index (κ1) is 15.3. The van der Waals surface area contributed by atoms with Crippen LogP contribution in [0.25, 0.3) is 0 Å². The van der Waals surface area contributed by atoms with E-state index < -0.39 is 0 Å². The van der Waals surface area contributed by atoms with Crippen LogP contribution in [-0.4, -0.2) is 18.3 Å². The van der Waals surface area contributed by atoms with Crippen LogP contribution in [0.15, 0.2) is 18.2 Å². The fourth-order valence-corrected chi connectivity index (χ4v) is 3.50. The molecule has 2 N–H and O–H groups in total. The lowest BCUT2D eigenvalue weighted by atomic mass is 9.79. The Morgan fingerprint density at radius 1 is 1.30 bits per heavy atom. The Morgan fingerprint density at radius 3 is 2.45 bits per heavy atom. The molecule has 0 radical (unpaired) electrons. The summed E-state index contributed by atoms with van der Waals surface area (Å²) in [7, 11) is 1.70. The molecule has 1 saturated heterocycles. The van der Waals surface area contributed by atoms with Crippen molar-refractivity contribution in [1.29, 1.82) is 0 Å². The van der Waals surface area contributed by atoms with Gasteiger partial charge in [-0.25, -0.2) is 0 Å². The zero-order valence-electron chi connectivity index (χ0n) is 13.5. The predicted octanol–water partition coefficient (Wildman–Crippen LogP) is 3.60. The van der Waals surface area contributed by atoms with E-state index >= 15 is 0 Å². The van der Waals surface area contributed by atoms with Gasteiger partial charge in [0.15, 0.2) is 0 Å². The summed E-state index contributed by atoms with van der Waals surface area (Å²) in [6.45, 7) is 10.6. The second-order valence-electron chi connectivity index (χ2n) is 7.05. The Balaban J connectivity index is 2.36. The quantitative estimate of drug-likeness (QED) is 0.918. The van der Waals surface area contributed by atoms with Crippen molar-refractivity contribution in [1.82, 2.24) is 0 Å². The molecule has 2 unspecified atom stereocenters. The summed E-state index contributed by atoms with van der Waals surface area (Å²) >= 11 is 0. The standard InChI is InChI=1S/C17H27NO2/c1-11-7-8-14(19-6)12(9-11)15(18)13-10-16(2,3)20-17(13,4)5/h7-9,13,15H,10,18H2,1-6H3. The van der Waals surface area contributed by atoms with Gasteiger partial charge in [0.2, 0.25) is 0 Å². The number of aryl methyl sites for hydroxylation is 1. The summed E-state index contributed by atoms with van der Waals surface area (Å²) in [5.41, 5.74) is 8.51. The second-order valence-corrected chi connectivity index (χ2v) is 7.05. The molecule has 2 atom stereocenters. The Labute approximate surface area is 122 Å². The molecule has 112 valence electrons. The summed E-state index contributed by atoms with van der Waals surface area (Å²) in [5, 5.41) is 0. The number of ether oxygens (including phenoxy) is 2. The first-order chi connectivity index (χ1) is 9.16. The molecule has 3 heteroatoms. The molecule has 1 aliphatic heterocycles. The van der Waals surface area contributed by atoms with Crippen molar-refractivity contribution < 1.29 is 9.47 Å². The number of hydrogen-bond donors (Lipinski definition) is 1. The highest BCUT2D eigenvalue weighted by atomic mass is 16.5. The molecular formula is C17H27NO2. The lowest BCUT2D eigenvalue weighted by molar-refractivity contribution is -0.0767. The van der Waals surface area contributed by atoms with Crippen LogP contribution in [-0.2, 0) is 4.74 Å². The van der Waals surface area contributed by atoms with Crippen LogP contribution in [0.2, 0.25) is 0 Å². The minimum atomic E-state index is -0.225. The highest BCUT2D eigenvalue weighted by Crippen LogP contribution is 2.48. The topological polar surface area (TPSA) is 44.5 Å². The zero-order chi connectivity index (χ0) is 15.1. The molecule has 2 rings (SSSR count). The Bertz CT molecular complexity index is 494. The normalized spacial score (nSPS) is 25.4. The molecule has 0 aliphatic carbocycles. The van der Waals surface area contributed by atoms with Crippen LogP contribution in [0.3, 0.4) is 0 Å². The summed E-state index contributed by atoms with van der Waals surface area (Å²) in [4.78, 5) is 0. The number of nitrogens with two attached hydrogens (primary N) is 1. The van der Waals surface area contributed by atoms with Gasteiger partial charge in [-0.15, -0.1) is 0 Å². The predicted molar refractivity (Wildman–Crippen MR) is 82.0 cm³/mol. The number of hydrogen-bond acceptors (Lipinski definition) is 3. The van der Waals surface area contributed by atoms with E-state index in [2.05, 4.69) is 46.8 Å². The van der Waals surface area contributed by atoms with Gasteiger partial charge >= 0.3 is 0 Å². The Kier molecular flexibility index (Phi) is 3.87. The van der Waals surface area contributed by atoms with Crippen LogP contribution < -0.4 is 10.5 Å². The maximum Gasteiger partial charge on any atom is 0.123 e. The zero-order valence-corrected chi connectivity index (χ0v) is 13.5. The smallest absolute Gasteiger partial charge is 0.123 e. The highest BCUT2D eigenvalue weighted by molar-refractivity contribution is 5.39. The van der Waals surface area contributed by atoms with E-state index in [9.17, 15) is 0 Å². The highest BCUT2D eigenvalue weighted by Gasteiger charge is 2.48. The van der Waals surface area contributed by atoms with Gasteiger partial charge < -0.3 is 15.2 Å². The largest absolute Gasteiger partial charge is 0.496 e. The third-order valence-electron chi connectivity index (χ3n) is 4.32. The van der Waals surface area contributed by atoms with E-state index in [1.54, 1.807) is 7.11 Å². The number of methoxy groups -OCH3 is 1. The van der Waals surface area contributed by atoms with E-state index in [-0.39, 0.29) is 23.2 Å². The Hall–Kier alpha value is -1.06. The first-order valence-electron chi connectivity index (χ1n) is 7.26. The van der Waals surface area contributed by atoms with E-state index in [1.165, 1.54) is 5.56 Å². The minimum absolute atomic E-state index is 0.0818.